The summed E-state index contributed by atoms with van der Waals surface area (Å²) in [6.45, 7) is 3.65. The minimum absolute atomic E-state index is 0.0866. The number of para-hydroxylation sites is 2. The van der Waals surface area contributed by atoms with Crippen LogP contribution in [0.3, 0.4) is 0 Å². The van der Waals surface area contributed by atoms with E-state index in [4.69, 9.17) is 42.5 Å². The van der Waals surface area contributed by atoms with Crippen LogP contribution in [0.15, 0.2) is 77.7 Å². The number of imidazole rings is 2. The Balaban J connectivity index is 0.000000204. The molecule has 0 fully saturated rings. The Morgan fingerprint density at radius 1 is 0.695 bits per heavy atom. The van der Waals surface area contributed by atoms with Gasteiger partial charge in [0.25, 0.3) is 0 Å². The molecule has 6 N–H and O–H groups in total. The Labute approximate surface area is 351 Å². The number of hydrogen-bond donors (Lipinski definition) is 4. The number of anilines is 2. The quantitative estimate of drug-likeness (QED) is 0.0717. The van der Waals surface area contributed by atoms with Crippen molar-refractivity contribution in [2.75, 3.05) is 58.2 Å². The Kier molecular flexibility index (Phi) is 15.2. The van der Waals surface area contributed by atoms with Crippen molar-refractivity contribution in [3.8, 4) is 0 Å². The molecule has 0 saturated carbocycles. The standard InChI is InChI=1S/C23H26ClN5O3S.C18H25N5O2S/c1-32-15-12-20-28-21-22(16-8-2-4-10-18(16)27-23(21)25)29(20)14-7-6-13-26-33(30,31)19-11-5-3-9-17(19)24;1-25-12-9-15-22-16-17(23(15)11-6-5-10-20-26(2)24)13-7-3-4-8-14(13)21-18(16)19/h2-5,8-11,26H,6-7,12-15H2,1H3,(H2,25,27);3-4,7-8,20H,5-6,9-12H2,1-2H3,(H2,19,21). The summed E-state index contributed by atoms with van der Waals surface area (Å²) in [6.07, 6.45) is 6.27. The van der Waals surface area contributed by atoms with E-state index in [1.165, 1.54) is 6.07 Å². The smallest absolute Gasteiger partial charge is 0.242 e. The molecule has 0 aliphatic heterocycles. The number of sulfonamides is 1. The van der Waals surface area contributed by atoms with Gasteiger partial charge >= 0.3 is 0 Å². The van der Waals surface area contributed by atoms with Crippen LogP contribution < -0.4 is 20.9 Å². The number of rotatable bonds is 19. The SMILES string of the molecule is COCCc1nc2c(N)nc3ccccc3c2n1CCCCNS(=O)(=O)c1ccccc1Cl.COCCc1nc2c(N)nc3ccccc3c2n1CCCCNS(C)=O. The monoisotopic (exact) mass is 862 g/mol. The third kappa shape index (κ3) is 10.5. The molecule has 0 amide bonds. The van der Waals surface area contributed by atoms with Gasteiger partial charge in [0.1, 0.15) is 27.6 Å². The molecule has 0 spiro atoms. The van der Waals surface area contributed by atoms with E-state index in [0.29, 0.717) is 56.3 Å². The Hall–Kier alpha value is -4.75. The molecule has 1 atom stereocenters. The molecule has 1 unspecified atom stereocenters. The fourth-order valence-electron chi connectivity index (χ4n) is 7.01. The molecule has 0 radical (unpaired) electrons. The fraction of sp³-hybridized carbons (Fsp3) is 0.366. The van der Waals surface area contributed by atoms with Crippen molar-refractivity contribution in [1.82, 2.24) is 38.5 Å². The van der Waals surface area contributed by atoms with Crippen molar-refractivity contribution in [2.45, 2.75) is 56.5 Å². The van der Waals surface area contributed by atoms with Crippen LogP contribution in [0.1, 0.15) is 37.3 Å². The van der Waals surface area contributed by atoms with Crippen molar-refractivity contribution in [3.05, 3.63) is 89.5 Å². The lowest BCUT2D eigenvalue weighted by Crippen LogP contribution is -2.25. The summed E-state index contributed by atoms with van der Waals surface area (Å²) in [5.41, 5.74) is 17.5. The zero-order valence-corrected chi connectivity index (χ0v) is 35.9. The van der Waals surface area contributed by atoms with Crippen LogP contribution in [-0.2, 0) is 56.4 Å². The van der Waals surface area contributed by atoms with Gasteiger partial charge in [-0.05, 0) is 49.9 Å². The van der Waals surface area contributed by atoms with Crippen LogP contribution in [0, 0.1) is 0 Å². The summed E-state index contributed by atoms with van der Waals surface area (Å²) in [5, 5.41) is 2.24. The second-order valence-electron chi connectivity index (χ2n) is 13.9. The van der Waals surface area contributed by atoms with Gasteiger partial charge in [0.15, 0.2) is 11.6 Å². The van der Waals surface area contributed by atoms with E-state index in [1.54, 1.807) is 38.7 Å². The number of nitrogens with zero attached hydrogens (tertiary/aromatic N) is 6. The maximum atomic E-state index is 12.5. The number of ether oxygens (including phenoxy) is 2. The van der Waals surface area contributed by atoms with Crippen LogP contribution in [0.25, 0.3) is 43.9 Å². The third-order valence-corrected chi connectivity index (χ3v) is 12.4. The van der Waals surface area contributed by atoms with Gasteiger partial charge in [-0.2, -0.15) is 0 Å². The predicted molar refractivity (Wildman–Crippen MR) is 237 cm³/mol. The first kappa shape index (κ1) is 43.8. The van der Waals surface area contributed by atoms with E-state index in [1.807, 2.05) is 42.5 Å². The molecular weight excluding hydrogens is 812 g/mol. The molecule has 314 valence electrons. The molecule has 18 heteroatoms. The maximum Gasteiger partial charge on any atom is 0.242 e. The summed E-state index contributed by atoms with van der Waals surface area (Å²) in [4.78, 5) is 18.6. The number of nitrogens with two attached hydrogens (primary N) is 2. The molecule has 3 aromatic carbocycles. The number of nitrogen functional groups attached to an aromatic ring is 2. The predicted octanol–water partition coefficient (Wildman–Crippen LogP) is 5.79. The summed E-state index contributed by atoms with van der Waals surface area (Å²) >= 11 is 6.04. The van der Waals surface area contributed by atoms with Crippen LogP contribution >= 0.6 is 11.6 Å². The van der Waals surface area contributed by atoms with Gasteiger partial charge in [0, 0.05) is 70.3 Å². The molecule has 59 heavy (non-hydrogen) atoms. The van der Waals surface area contributed by atoms with E-state index in [-0.39, 0.29) is 9.92 Å². The highest BCUT2D eigenvalue weighted by Gasteiger charge is 2.20. The number of hydrogen-bond acceptors (Lipinski definition) is 11. The molecular formula is C41H51ClN10O5S2. The lowest BCUT2D eigenvalue weighted by molar-refractivity contribution is 0.199. The topological polar surface area (TPSA) is 207 Å². The second-order valence-corrected chi connectivity index (χ2v) is 17.2. The molecule has 0 aliphatic rings. The molecule has 0 saturated heterocycles. The number of methoxy groups -OCH3 is 2. The Bertz CT molecular complexity index is 2670. The van der Waals surface area contributed by atoms with E-state index >= 15 is 0 Å². The lowest BCUT2D eigenvalue weighted by atomic mass is 10.2. The number of unbranched alkanes of at least 4 members (excludes halogenated alkanes) is 2. The third-order valence-electron chi connectivity index (χ3n) is 9.78. The first-order chi connectivity index (χ1) is 28.5. The second kappa shape index (κ2) is 20.5. The number of nitrogens with one attached hydrogen (secondary N) is 2. The molecule has 4 aromatic heterocycles. The largest absolute Gasteiger partial charge is 0.384 e. The minimum atomic E-state index is -3.66. The van der Waals surface area contributed by atoms with Crippen molar-refractivity contribution in [3.63, 3.8) is 0 Å². The fourth-order valence-corrected chi connectivity index (χ4v) is 9.04. The zero-order chi connectivity index (χ0) is 41.9. The first-order valence-electron chi connectivity index (χ1n) is 19.4. The highest BCUT2D eigenvalue weighted by Crippen LogP contribution is 2.31. The van der Waals surface area contributed by atoms with Crippen LogP contribution in [0.4, 0.5) is 11.6 Å². The van der Waals surface area contributed by atoms with Crippen molar-refractivity contribution >= 4 is 88.1 Å². The van der Waals surface area contributed by atoms with E-state index in [2.05, 4.69) is 34.6 Å². The molecule has 7 aromatic rings. The van der Waals surface area contributed by atoms with Crippen LogP contribution in [-0.4, -0.2) is 88.5 Å². The van der Waals surface area contributed by atoms with E-state index in [0.717, 1.165) is 88.8 Å². The molecule has 7 rings (SSSR count). The lowest BCUT2D eigenvalue weighted by Gasteiger charge is -2.12. The summed E-state index contributed by atoms with van der Waals surface area (Å²) in [7, 11) is -1.28. The average Bonchev–Trinajstić information content (AvgIpc) is 3.78. The summed E-state index contributed by atoms with van der Waals surface area (Å²) < 4.78 is 56.6. The molecule has 4 heterocycles. The molecule has 15 nitrogen and oxygen atoms in total. The van der Waals surface area contributed by atoms with Gasteiger partial charge in [0.2, 0.25) is 10.0 Å². The van der Waals surface area contributed by atoms with E-state index < -0.39 is 21.0 Å². The van der Waals surface area contributed by atoms with Gasteiger partial charge in [-0.3, -0.25) is 0 Å². The van der Waals surface area contributed by atoms with Gasteiger partial charge in [-0.25, -0.2) is 42.0 Å². The zero-order valence-electron chi connectivity index (χ0n) is 33.5. The normalized spacial score (nSPS) is 12.4. The Morgan fingerprint density at radius 3 is 1.66 bits per heavy atom. The van der Waals surface area contributed by atoms with Crippen molar-refractivity contribution in [1.29, 1.82) is 0 Å². The maximum absolute atomic E-state index is 12.5. The number of benzene rings is 3. The van der Waals surface area contributed by atoms with Crippen LogP contribution in [0.5, 0.6) is 0 Å². The average molecular weight is 864 g/mol. The number of halogens is 1. The number of aromatic nitrogens is 6. The number of aryl methyl sites for hydroxylation is 2. The first-order valence-corrected chi connectivity index (χ1v) is 22.8. The van der Waals surface area contributed by atoms with E-state index in [9.17, 15) is 12.6 Å². The highest BCUT2D eigenvalue weighted by atomic mass is 35.5. The minimum Gasteiger partial charge on any atom is -0.384 e. The highest BCUT2D eigenvalue weighted by molar-refractivity contribution is 7.89. The van der Waals surface area contributed by atoms with Crippen LogP contribution in [0.2, 0.25) is 5.02 Å². The summed E-state index contributed by atoms with van der Waals surface area (Å²) in [6, 6.07) is 22.2. The number of fused-ring (bicyclic) bond motifs is 6. The van der Waals surface area contributed by atoms with Gasteiger partial charge in [-0.15, -0.1) is 0 Å². The summed E-state index contributed by atoms with van der Waals surface area (Å²) in [5.74, 6) is 2.68. The van der Waals surface area contributed by atoms with Crippen molar-refractivity contribution < 1.29 is 22.1 Å². The number of pyridine rings is 2. The Morgan fingerprint density at radius 2 is 1.17 bits per heavy atom. The van der Waals surface area contributed by atoms with Gasteiger partial charge in [0.05, 0.1) is 51.3 Å². The molecule has 0 aliphatic carbocycles. The molecule has 0 bridgehead atoms. The van der Waals surface area contributed by atoms with Gasteiger partial charge in [-0.1, -0.05) is 60.1 Å². The van der Waals surface area contributed by atoms with Gasteiger partial charge < -0.3 is 30.1 Å². The van der Waals surface area contributed by atoms with Crippen molar-refractivity contribution in [2.24, 2.45) is 0 Å².